The summed E-state index contributed by atoms with van der Waals surface area (Å²) in [5.41, 5.74) is 2.58. The second kappa shape index (κ2) is 7.83. The summed E-state index contributed by atoms with van der Waals surface area (Å²) in [6.45, 7) is 0.984. The molecule has 0 aliphatic heterocycles. The molecule has 4 aromatic rings. The normalized spacial score (nSPS) is 10.7. The van der Waals surface area contributed by atoms with E-state index < -0.39 is 0 Å². The highest BCUT2D eigenvalue weighted by Crippen LogP contribution is 2.23. The van der Waals surface area contributed by atoms with Gasteiger partial charge in [0.15, 0.2) is 0 Å². The van der Waals surface area contributed by atoms with Crippen molar-refractivity contribution in [1.82, 2.24) is 9.97 Å². The fraction of sp³-hybridized carbons (Fsp3) is 0.0909. The zero-order chi connectivity index (χ0) is 18.5. The van der Waals surface area contributed by atoms with E-state index in [0.29, 0.717) is 24.6 Å². The lowest BCUT2D eigenvalue weighted by Gasteiger charge is -2.12. The van der Waals surface area contributed by atoms with Crippen LogP contribution in [0.3, 0.4) is 0 Å². The van der Waals surface area contributed by atoms with Gasteiger partial charge >= 0.3 is 0 Å². The molecule has 4 rings (SSSR count). The van der Waals surface area contributed by atoms with Crippen LogP contribution < -0.4 is 10.6 Å². The van der Waals surface area contributed by atoms with Gasteiger partial charge in [0.25, 0.3) is 0 Å². The van der Waals surface area contributed by atoms with E-state index in [1.54, 1.807) is 12.1 Å². The average Bonchev–Trinajstić information content (AvgIpc) is 2.72. The molecule has 0 bridgehead atoms. The maximum Gasteiger partial charge on any atom is 0.225 e. The van der Waals surface area contributed by atoms with Gasteiger partial charge in [-0.05, 0) is 23.8 Å². The number of para-hydroxylation sites is 1. The number of hydrogen-bond acceptors (Lipinski definition) is 4. The molecule has 1 heterocycles. The Morgan fingerprint density at radius 1 is 0.704 bits per heavy atom. The van der Waals surface area contributed by atoms with E-state index in [0.717, 1.165) is 16.7 Å². The van der Waals surface area contributed by atoms with Gasteiger partial charge in [0.2, 0.25) is 5.95 Å². The standard InChI is InChI=1S/C22H19FN4/c23-19-12-6-4-10-17(19)15-25-22-26-20-13-7-5-11-18(20)21(27-22)24-14-16-8-2-1-3-9-16/h1-13H,14-15H2,(H2,24,25,26,27). The van der Waals surface area contributed by atoms with Gasteiger partial charge in [-0.15, -0.1) is 0 Å². The van der Waals surface area contributed by atoms with Gasteiger partial charge in [0, 0.05) is 24.0 Å². The van der Waals surface area contributed by atoms with Crippen molar-refractivity contribution >= 4 is 22.7 Å². The summed E-state index contributed by atoms with van der Waals surface area (Å²) in [5, 5.41) is 7.47. The molecule has 0 radical (unpaired) electrons. The van der Waals surface area contributed by atoms with Crippen molar-refractivity contribution in [3.63, 3.8) is 0 Å². The third kappa shape index (κ3) is 4.03. The minimum absolute atomic E-state index is 0.242. The third-order valence-electron chi connectivity index (χ3n) is 4.30. The summed E-state index contributed by atoms with van der Waals surface area (Å²) >= 11 is 0. The number of nitrogens with one attached hydrogen (secondary N) is 2. The van der Waals surface area contributed by atoms with E-state index in [1.807, 2.05) is 48.5 Å². The van der Waals surface area contributed by atoms with Gasteiger partial charge < -0.3 is 10.6 Å². The summed E-state index contributed by atoms with van der Waals surface area (Å²) in [5.74, 6) is 0.973. The number of halogens is 1. The number of hydrogen-bond donors (Lipinski definition) is 2. The number of benzene rings is 3. The first-order valence-corrected chi connectivity index (χ1v) is 8.81. The van der Waals surface area contributed by atoms with Crippen LogP contribution in [0.2, 0.25) is 0 Å². The first-order valence-electron chi connectivity index (χ1n) is 8.81. The Hall–Kier alpha value is -3.47. The highest BCUT2D eigenvalue weighted by molar-refractivity contribution is 5.90. The largest absolute Gasteiger partial charge is 0.365 e. The van der Waals surface area contributed by atoms with E-state index in [9.17, 15) is 4.39 Å². The second-order valence-corrected chi connectivity index (χ2v) is 6.20. The molecule has 1 aromatic heterocycles. The SMILES string of the molecule is Fc1ccccc1CNc1nc(NCc2ccccc2)c2ccccc2n1. The van der Waals surface area contributed by atoms with Crippen LogP contribution in [-0.2, 0) is 13.1 Å². The van der Waals surface area contributed by atoms with Crippen LogP contribution in [0, 0.1) is 5.82 Å². The topological polar surface area (TPSA) is 49.8 Å². The first-order chi connectivity index (χ1) is 13.3. The van der Waals surface area contributed by atoms with Crippen LogP contribution in [0.5, 0.6) is 0 Å². The molecule has 0 saturated carbocycles. The Labute approximate surface area is 157 Å². The molecular weight excluding hydrogens is 339 g/mol. The maximum absolute atomic E-state index is 13.8. The fourth-order valence-corrected chi connectivity index (χ4v) is 2.89. The maximum atomic E-state index is 13.8. The van der Waals surface area contributed by atoms with Crippen molar-refractivity contribution < 1.29 is 4.39 Å². The van der Waals surface area contributed by atoms with Crippen molar-refractivity contribution in [2.45, 2.75) is 13.1 Å². The summed E-state index contributed by atoms with van der Waals surface area (Å²) in [4.78, 5) is 9.16. The molecule has 0 unspecified atom stereocenters. The second-order valence-electron chi connectivity index (χ2n) is 6.20. The smallest absolute Gasteiger partial charge is 0.225 e. The van der Waals surface area contributed by atoms with Gasteiger partial charge in [-0.2, -0.15) is 4.98 Å². The Kier molecular flexibility index (Phi) is 4.92. The van der Waals surface area contributed by atoms with Gasteiger partial charge in [-0.3, -0.25) is 0 Å². The predicted octanol–water partition coefficient (Wildman–Crippen LogP) is 4.99. The Balaban J connectivity index is 1.59. The summed E-state index contributed by atoms with van der Waals surface area (Å²) in [7, 11) is 0. The summed E-state index contributed by atoms with van der Waals surface area (Å²) in [6.07, 6.45) is 0. The molecule has 0 fully saturated rings. The predicted molar refractivity (Wildman–Crippen MR) is 107 cm³/mol. The molecule has 0 saturated heterocycles. The monoisotopic (exact) mass is 358 g/mol. The van der Waals surface area contributed by atoms with E-state index in [4.69, 9.17) is 0 Å². The molecular formula is C22H19FN4. The highest BCUT2D eigenvalue weighted by Gasteiger charge is 2.08. The third-order valence-corrected chi connectivity index (χ3v) is 4.30. The average molecular weight is 358 g/mol. The van der Waals surface area contributed by atoms with E-state index in [1.165, 1.54) is 11.6 Å². The van der Waals surface area contributed by atoms with Crippen molar-refractivity contribution in [2.24, 2.45) is 0 Å². The number of aromatic nitrogens is 2. The number of nitrogens with zero attached hydrogens (tertiary/aromatic N) is 2. The molecule has 0 aliphatic rings. The van der Waals surface area contributed by atoms with Crippen molar-refractivity contribution in [2.75, 3.05) is 10.6 Å². The van der Waals surface area contributed by atoms with Gasteiger partial charge in [0.1, 0.15) is 11.6 Å². The first kappa shape index (κ1) is 17.0. The number of fused-ring (bicyclic) bond motifs is 1. The lowest BCUT2D eigenvalue weighted by molar-refractivity contribution is 0.612. The van der Waals surface area contributed by atoms with E-state index >= 15 is 0 Å². The van der Waals surface area contributed by atoms with E-state index in [-0.39, 0.29) is 5.82 Å². The van der Waals surface area contributed by atoms with Crippen LogP contribution in [0.25, 0.3) is 10.9 Å². The molecule has 5 heteroatoms. The molecule has 4 nitrogen and oxygen atoms in total. The van der Waals surface area contributed by atoms with Crippen LogP contribution >= 0.6 is 0 Å². The lowest BCUT2D eigenvalue weighted by Crippen LogP contribution is -2.08. The van der Waals surface area contributed by atoms with Gasteiger partial charge in [-0.1, -0.05) is 60.7 Å². The van der Waals surface area contributed by atoms with Crippen molar-refractivity contribution in [1.29, 1.82) is 0 Å². The minimum atomic E-state index is -0.242. The molecule has 134 valence electrons. The quantitative estimate of drug-likeness (QED) is 0.510. The van der Waals surface area contributed by atoms with Gasteiger partial charge in [0.05, 0.1) is 5.52 Å². The van der Waals surface area contributed by atoms with Crippen LogP contribution in [0.15, 0.2) is 78.9 Å². The van der Waals surface area contributed by atoms with E-state index in [2.05, 4.69) is 32.7 Å². The summed E-state index contributed by atoms with van der Waals surface area (Å²) < 4.78 is 13.8. The molecule has 27 heavy (non-hydrogen) atoms. The highest BCUT2D eigenvalue weighted by atomic mass is 19.1. The molecule has 0 spiro atoms. The molecule has 0 atom stereocenters. The Morgan fingerprint density at radius 3 is 2.30 bits per heavy atom. The summed E-state index contributed by atoms with van der Waals surface area (Å²) in [6, 6.07) is 24.7. The lowest BCUT2D eigenvalue weighted by atomic mass is 10.2. The molecule has 3 aromatic carbocycles. The minimum Gasteiger partial charge on any atom is -0.365 e. The number of anilines is 2. The number of rotatable bonds is 6. The molecule has 0 amide bonds. The van der Waals surface area contributed by atoms with Crippen LogP contribution in [0.4, 0.5) is 16.2 Å². The van der Waals surface area contributed by atoms with Crippen LogP contribution in [-0.4, -0.2) is 9.97 Å². The molecule has 2 N–H and O–H groups in total. The molecule has 0 aliphatic carbocycles. The fourth-order valence-electron chi connectivity index (χ4n) is 2.89. The zero-order valence-corrected chi connectivity index (χ0v) is 14.7. The van der Waals surface area contributed by atoms with Crippen molar-refractivity contribution in [3.8, 4) is 0 Å². The Bertz CT molecular complexity index is 1050. The zero-order valence-electron chi connectivity index (χ0n) is 14.7. The van der Waals surface area contributed by atoms with Gasteiger partial charge in [-0.25, -0.2) is 9.37 Å². The van der Waals surface area contributed by atoms with Crippen LogP contribution in [0.1, 0.15) is 11.1 Å². The Morgan fingerprint density at radius 2 is 1.44 bits per heavy atom. The van der Waals surface area contributed by atoms with Crippen molar-refractivity contribution in [3.05, 3.63) is 95.8 Å².